The van der Waals surface area contributed by atoms with E-state index in [1.54, 1.807) is 0 Å². The van der Waals surface area contributed by atoms with Crippen LogP contribution in [0.5, 0.6) is 0 Å². The lowest BCUT2D eigenvalue weighted by molar-refractivity contribution is 0.663. The van der Waals surface area contributed by atoms with E-state index in [-0.39, 0.29) is 5.41 Å². The Balaban J connectivity index is 1.33. The minimum atomic E-state index is -0.223. The fourth-order valence-corrected chi connectivity index (χ4v) is 9.11. The van der Waals surface area contributed by atoms with E-state index in [1.807, 2.05) is 18.2 Å². The Kier molecular flexibility index (Phi) is 9.07. The highest BCUT2D eigenvalue weighted by molar-refractivity contribution is 6.30. The van der Waals surface area contributed by atoms with Crippen molar-refractivity contribution < 1.29 is 0 Å². The fourth-order valence-electron chi connectivity index (χ4n) is 9.11. The van der Waals surface area contributed by atoms with Crippen molar-refractivity contribution in [3.63, 3.8) is 0 Å². The second kappa shape index (κ2) is 14.4. The van der Waals surface area contributed by atoms with Crippen LogP contribution in [0, 0.1) is 0 Å². The predicted molar refractivity (Wildman–Crippen MR) is 250 cm³/mol. The fraction of sp³-hybridized carbons (Fsp3) is 0.0877. The van der Waals surface area contributed by atoms with Gasteiger partial charge in [-0.3, -0.25) is 0 Å². The van der Waals surface area contributed by atoms with E-state index in [0.717, 1.165) is 11.1 Å². The molecule has 8 aromatic carbocycles. The normalized spacial score (nSPS) is 13.7. The molecule has 0 heterocycles. The van der Waals surface area contributed by atoms with Crippen LogP contribution in [0.15, 0.2) is 195 Å². The van der Waals surface area contributed by atoms with E-state index in [2.05, 4.69) is 205 Å². The smallest absolute Gasteiger partial charge is 0.0159 e. The Morgan fingerprint density at radius 2 is 0.965 bits per heavy atom. The molecule has 9 rings (SSSR count). The van der Waals surface area contributed by atoms with Gasteiger partial charge in [0.05, 0.1) is 0 Å². The first kappa shape index (κ1) is 35.9. The van der Waals surface area contributed by atoms with E-state index >= 15 is 0 Å². The Hall–Kier alpha value is -6.76. The third-order valence-corrected chi connectivity index (χ3v) is 12.0. The van der Waals surface area contributed by atoms with Crippen LogP contribution in [0.4, 0.5) is 0 Å². The maximum atomic E-state index is 4.10. The van der Waals surface area contributed by atoms with Crippen molar-refractivity contribution in [2.45, 2.75) is 33.1 Å². The second-order valence-corrected chi connectivity index (χ2v) is 15.7. The van der Waals surface area contributed by atoms with Gasteiger partial charge in [-0.2, -0.15) is 0 Å². The third-order valence-electron chi connectivity index (χ3n) is 12.0. The third kappa shape index (κ3) is 6.10. The number of allylic oxidation sites excluding steroid dienone is 8. The summed E-state index contributed by atoms with van der Waals surface area (Å²) in [4.78, 5) is 0. The first-order chi connectivity index (χ1) is 27.8. The molecule has 0 spiro atoms. The number of fused-ring (bicyclic) bond motifs is 3. The van der Waals surface area contributed by atoms with Gasteiger partial charge in [0.15, 0.2) is 0 Å². The van der Waals surface area contributed by atoms with Crippen LogP contribution in [0.1, 0.15) is 49.9 Å². The van der Waals surface area contributed by atoms with Crippen molar-refractivity contribution >= 4 is 43.5 Å². The van der Waals surface area contributed by atoms with Gasteiger partial charge in [-0.25, -0.2) is 0 Å². The highest BCUT2D eigenvalue weighted by Gasteiger charge is 2.36. The molecule has 0 radical (unpaired) electrons. The molecule has 274 valence electrons. The van der Waals surface area contributed by atoms with Gasteiger partial charge in [-0.1, -0.05) is 161 Å². The maximum absolute atomic E-state index is 4.10. The maximum Gasteiger partial charge on any atom is 0.0159 e. The van der Waals surface area contributed by atoms with E-state index in [0.29, 0.717) is 0 Å². The highest BCUT2D eigenvalue weighted by Crippen LogP contribution is 2.54. The number of rotatable bonds is 9. The molecule has 0 aromatic heterocycles. The molecule has 0 amide bonds. The van der Waals surface area contributed by atoms with Gasteiger partial charge in [0, 0.05) is 5.41 Å². The lowest BCUT2D eigenvalue weighted by Gasteiger charge is -2.23. The monoisotopic (exact) mass is 730 g/mol. The molecule has 0 unspecified atom stereocenters. The summed E-state index contributed by atoms with van der Waals surface area (Å²) in [5.41, 5.74) is 16.9. The molecular weight excluding hydrogens is 685 g/mol. The molecule has 1 aliphatic carbocycles. The zero-order valence-corrected chi connectivity index (χ0v) is 33.2. The van der Waals surface area contributed by atoms with Crippen molar-refractivity contribution in [1.82, 2.24) is 0 Å². The summed E-state index contributed by atoms with van der Waals surface area (Å²) in [6, 6.07) is 54.5. The van der Waals surface area contributed by atoms with Crippen molar-refractivity contribution in [2.75, 3.05) is 0 Å². The van der Waals surface area contributed by atoms with E-state index in [4.69, 9.17) is 0 Å². The summed E-state index contributed by atoms with van der Waals surface area (Å²) in [5.74, 6) is 0. The van der Waals surface area contributed by atoms with Crippen LogP contribution in [0.25, 0.3) is 88.0 Å². The van der Waals surface area contributed by atoms with Gasteiger partial charge in [-0.05, 0) is 173 Å². The van der Waals surface area contributed by atoms with Crippen molar-refractivity contribution in [3.8, 4) is 44.5 Å². The van der Waals surface area contributed by atoms with E-state index in [1.165, 1.54) is 99.1 Å². The number of benzene rings is 8. The van der Waals surface area contributed by atoms with E-state index < -0.39 is 0 Å². The summed E-state index contributed by atoms with van der Waals surface area (Å²) >= 11 is 0. The molecule has 0 atom stereocenters. The first-order valence-corrected chi connectivity index (χ1v) is 20.0. The van der Waals surface area contributed by atoms with Crippen LogP contribution in [-0.4, -0.2) is 0 Å². The predicted octanol–water partition coefficient (Wildman–Crippen LogP) is 16.2. The van der Waals surface area contributed by atoms with Crippen LogP contribution < -0.4 is 0 Å². The van der Waals surface area contributed by atoms with Crippen LogP contribution in [0.3, 0.4) is 0 Å². The molecule has 0 saturated carbocycles. The molecule has 0 fully saturated rings. The molecule has 0 aliphatic heterocycles. The Labute approximate surface area is 337 Å². The molecule has 57 heavy (non-hydrogen) atoms. The average molecular weight is 731 g/mol. The molecule has 0 N–H and O–H groups in total. The topological polar surface area (TPSA) is 0 Å². The molecule has 0 saturated heterocycles. The standard InChI is InChI=1S/C57H46/c1-7-17-37(9-3)40-21-14-24-43(29-40)46-27-28-49-50(32-46)52-34-48(44-25-15-22-41(30-44)38(10-4)18-8-2)36-54-56(52)55-51(49)33-47(35-53(55)57(54,5)6)45-26-16-23-42(31-45)39-19-12-11-13-20-39/h7-36H,2,4H2,1,3,5-6H3/b17-7-,37-9+,38-18+. The van der Waals surface area contributed by atoms with Crippen LogP contribution >= 0.6 is 0 Å². The Morgan fingerprint density at radius 1 is 0.456 bits per heavy atom. The minimum absolute atomic E-state index is 0.223. The van der Waals surface area contributed by atoms with Gasteiger partial charge in [0.2, 0.25) is 0 Å². The molecule has 0 heteroatoms. The van der Waals surface area contributed by atoms with Gasteiger partial charge < -0.3 is 0 Å². The molecule has 1 aliphatic rings. The zero-order valence-electron chi connectivity index (χ0n) is 33.2. The quantitative estimate of drug-likeness (QED) is 0.102. The minimum Gasteiger partial charge on any atom is -0.0990 e. The summed E-state index contributed by atoms with van der Waals surface area (Å²) < 4.78 is 0. The Morgan fingerprint density at radius 3 is 1.56 bits per heavy atom. The van der Waals surface area contributed by atoms with Crippen molar-refractivity contribution in [1.29, 1.82) is 0 Å². The van der Waals surface area contributed by atoms with E-state index in [9.17, 15) is 0 Å². The summed E-state index contributed by atoms with van der Waals surface area (Å²) in [6.45, 7) is 17.0. The zero-order chi connectivity index (χ0) is 39.3. The van der Waals surface area contributed by atoms with Crippen LogP contribution in [-0.2, 0) is 5.41 Å². The largest absolute Gasteiger partial charge is 0.0990 e. The summed E-state index contributed by atoms with van der Waals surface area (Å²) in [7, 11) is 0. The van der Waals surface area contributed by atoms with Crippen LogP contribution in [0.2, 0.25) is 0 Å². The molecule has 0 nitrogen and oxygen atoms in total. The van der Waals surface area contributed by atoms with Crippen molar-refractivity contribution in [2.24, 2.45) is 0 Å². The first-order valence-electron chi connectivity index (χ1n) is 20.0. The number of hydrogen-bond donors (Lipinski definition) is 0. The van der Waals surface area contributed by atoms with Gasteiger partial charge >= 0.3 is 0 Å². The lowest BCUT2D eigenvalue weighted by atomic mass is 9.80. The molecular formula is C57H46. The SMILES string of the molecule is C=C/C=C(\C=C)c1cccc(-c2cc3c4c(c2)c2cc(-c5cccc(C(/C=C\C)=C/C)c5)ccc2c2cc(-c5cccc(-c6ccccc6)c5)cc(c24)C3(C)C)c1. The number of hydrogen-bond acceptors (Lipinski definition) is 0. The average Bonchev–Trinajstić information content (AvgIpc) is 3.49. The highest BCUT2D eigenvalue weighted by atomic mass is 14.4. The van der Waals surface area contributed by atoms with Crippen molar-refractivity contribution in [3.05, 3.63) is 217 Å². The second-order valence-electron chi connectivity index (χ2n) is 15.7. The summed E-state index contributed by atoms with van der Waals surface area (Å²) in [6.07, 6.45) is 12.2. The van der Waals surface area contributed by atoms with Gasteiger partial charge in [0.1, 0.15) is 0 Å². The molecule has 0 bridgehead atoms. The summed E-state index contributed by atoms with van der Waals surface area (Å²) in [5, 5.41) is 7.91. The lowest BCUT2D eigenvalue weighted by Crippen LogP contribution is -2.15. The Bertz CT molecular complexity index is 3010. The molecule has 8 aromatic rings. The van der Waals surface area contributed by atoms with Gasteiger partial charge in [0.25, 0.3) is 0 Å². The van der Waals surface area contributed by atoms with Gasteiger partial charge in [-0.15, -0.1) is 0 Å².